The Labute approximate surface area is 144 Å². The summed E-state index contributed by atoms with van der Waals surface area (Å²) in [5.41, 5.74) is 0.00689. The van der Waals surface area contributed by atoms with Gasteiger partial charge >= 0.3 is 0 Å². The minimum Gasteiger partial charge on any atom is -0.511 e. The van der Waals surface area contributed by atoms with Crippen LogP contribution in [0.3, 0.4) is 0 Å². The van der Waals surface area contributed by atoms with Crippen LogP contribution in [0.15, 0.2) is 23.5 Å². The number of Topliss-reactive ketones (excluding diaryl/α,β-unsaturated/α-hetero) is 2. The Morgan fingerprint density at radius 3 is 2.84 bits per heavy atom. The minimum atomic E-state index is -0.741. The average molecular weight is 349 g/mol. The number of fused-ring (bicyclic) bond motifs is 2. The molecule has 3 rings (SSSR count). The van der Waals surface area contributed by atoms with Crippen LogP contribution in [0.2, 0.25) is 0 Å². The maximum Gasteiger partial charge on any atom is 0.213 e. The Hall–Kier alpha value is -2.12. The largest absolute Gasteiger partial charge is 0.511 e. The van der Waals surface area contributed by atoms with Crippen LogP contribution in [0.1, 0.15) is 35.3 Å². The van der Waals surface area contributed by atoms with Crippen molar-refractivity contribution in [2.75, 3.05) is 20.3 Å². The van der Waals surface area contributed by atoms with Crippen molar-refractivity contribution in [1.29, 1.82) is 0 Å². The number of rotatable bonds is 7. The first kappa shape index (κ1) is 17.7. The maximum absolute atomic E-state index is 13.5. The van der Waals surface area contributed by atoms with Gasteiger partial charge in [-0.2, -0.15) is 4.39 Å². The number of hydrogen-bond acceptors (Lipinski definition) is 6. The topological polar surface area (TPSA) is 85.7 Å². The van der Waals surface area contributed by atoms with Crippen LogP contribution in [0.5, 0.6) is 0 Å². The van der Waals surface area contributed by atoms with Gasteiger partial charge in [-0.05, 0) is 31.4 Å². The highest BCUT2D eigenvalue weighted by molar-refractivity contribution is 6.27. The van der Waals surface area contributed by atoms with Crippen LogP contribution in [0.4, 0.5) is 4.39 Å². The second-order valence-corrected chi connectivity index (χ2v) is 6.33. The fraction of sp³-hybridized carbons (Fsp3) is 0.500. The Morgan fingerprint density at radius 2 is 2.08 bits per heavy atom. The van der Waals surface area contributed by atoms with Crippen molar-refractivity contribution in [2.45, 2.75) is 25.9 Å². The molecule has 7 heteroatoms. The molecule has 134 valence electrons. The van der Waals surface area contributed by atoms with Gasteiger partial charge in [0.2, 0.25) is 11.7 Å². The molecule has 2 bridgehead atoms. The van der Waals surface area contributed by atoms with Crippen molar-refractivity contribution in [3.05, 3.63) is 40.7 Å². The fourth-order valence-electron chi connectivity index (χ4n) is 3.47. The molecule has 0 aromatic carbocycles. The van der Waals surface area contributed by atoms with E-state index in [2.05, 4.69) is 4.98 Å². The molecule has 1 fully saturated rings. The Kier molecular flexibility index (Phi) is 5.24. The van der Waals surface area contributed by atoms with Gasteiger partial charge in [-0.25, -0.2) is 4.98 Å². The van der Waals surface area contributed by atoms with Crippen molar-refractivity contribution in [1.82, 2.24) is 4.98 Å². The molecule has 1 aromatic rings. The number of ether oxygens (including phenoxy) is 2. The molecule has 2 aliphatic rings. The highest BCUT2D eigenvalue weighted by atomic mass is 19.1. The number of halogens is 1. The van der Waals surface area contributed by atoms with Crippen molar-refractivity contribution in [2.24, 2.45) is 11.8 Å². The highest BCUT2D eigenvalue weighted by Gasteiger charge is 2.43. The summed E-state index contributed by atoms with van der Waals surface area (Å²) < 4.78 is 23.7. The molecule has 2 aliphatic carbocycles. The quantitative estimate of drug-likeness (QED) is 0.352. The maximum atomic E-state index is 13.5. The molecule has 0 spiro atoms. The molecule has 2 unspecified atom stereocenters. The average Bonchev–Trinajstić information content (AvgIpc) is 3.04. The standard InChI is InChI=1S/C18H20FNO5/c1-24-6-7-25-9-13-12(4-5-14(19)20-13)18(23)15-16(21)10-2-3-11(8-10)17(15)22/h4-5,10-11,21H,2-3,6-9H2,1H3. The van der Waals surface area contributed by atoms with E-state index in [0.29, 0.717) is 25.9 Å². The molecule has 0 saturated heterocycles. The molecule has 2 atom stereocenters. The van der Waals surface area contributed by atoms with Crippen LogP contribution in [0, 0.1) is 17.8 Å². The van der Waals surface area contributed by atoms with Crippen LogP contribution in [0.25, 0.3) is 0 Å². The van der Waals surface area contributed by atoms with E-state index in [9.17, 15) is 19.1 Å². The Morgan fingerprint density at radius 1 is 1.32 bits per heavy atom. The number of allylic oxidation sites excluding steroid dienone is 2. The third-order valence-corrected chi connectivity index (χ3v) is 4.78. The molecule has 1 heterocycles. The van der Waals surface area contributed by atoms with E-state index in [4.69, 9.17) is 9.47 Å². The van der Waals surface area contributed by atoms with E-state index in [-0.39, 0.29) is 53.4 Å². The number of aliphatic hydroxyl groups is 1. The van der Waals surface area contributed by atoms with Gasteiger partial charge < -0.3 is 14.6 Å². The molecule has 25 heavy (non-hydrogen) atoms. The first-order valence-electron chi connectivity index (χ1n) is 8.27. The lowest BCUT2D eigenvalue weighted by molar-refractivity contribution is -0.119. The third kappa shape index (κ3) is 3.48. The van der Waals surface area contributed by atoms with Gasteiger partial charge in [-0.3, -0.25) is 9.59 Å². The van der Waals surface area contributed by atoms with Gasteiger partial charge in [0, 0.05) is 24.5 Å². The van der Waals surface area contributed by atoms with Crippen LogP contribution in [-0.2, 0) is 20.9 Å². The van der Waals surface area contributed by atoms with E-state index in [1.54, 1.807) is 0 Å². The smallest absolute Gasteiger partial charge is 0.213 e. The van der Waals surface area contributed by atoms with E-state index in [0.717, 1.165) is 6.07 Å². The zero-order valence-corrected chi connectivity index (χ0v) is 14.0. The number of pyridine rings is 1. The normalized spacial score (nSPS) is 22.6. The van der Waals surface area contributed by atoms with Gasteiger partial charge in [0.15, 0.2) is 5.78 Å². The second-order valence-electron chi connectivity index (χ2n) is 6.33. The summed E-state index contributed by atoms with van der Waals surface area (Å²) in [4.78, 5) is 29.1. The number of hydrogen-bond donors (Lipinski definition) is 1. The summed E-state index contributed by atoms with van der Waals surface area (Å²) in [6.07, 6.45) is 1.97. The SMILES string of the molecule is COCCOCc1nc(F)ccc1C(=O)C1=C(O)C2CCC(C2)C1=O. The Balaban J connectivity index is 1.89. The molecular formula is C18H20FNO5. The zero-order valence-electron chi connectivity index (χ0n) is 14.0. The molecule has 1 saturated carbocycles. The summed E-state index contributed by atoms with van der Waals surface area (Å²) in [6, 6.07) is 2.34. The molecule has 1 N–H and O–H groups in total. The number of ketones is 2. The van der Waals surface area contributed by atoms with Crippen LogP contribution < -0.4 is 0 Å². The van der Waals surface area contributed by atoms with E-state index in [1.165, 1.54) is 13.2 Å². The molecular weight excluding hydrogens is 329 g/mol. The summed E-state index contributed by atoms with van der Waals surface area (Å²) in [7, 11) is 1.52. The molecule has 1 aromatic heterocycles. The third-order valence-electron chi connectivity index (χ3n) is 4.78. The summed E-state index contributed by atoms with van der Waals surface area (Å²) in [6.45, 7) is 0.531. The minimum absolute atomic E-state index is 0.0787. The first-order chi connectivity index (χ1) is 12.0. The van der Waals surface area contributed by atoms with Gasteiger partial charge in [0.05, 0.1) is 25.5 Å². The molecule has 0 aliphatic heterocycles. The van der Waals surface area contributed by atoms with Gasteiger partial charge in [0.1, 0.15) is 11.3 Å². The van der Waals surface area contributed by atoms with Crippen LogP contribution in [-0.4, -0.2) is 42.0 Å². The second kappa shape index (κ2) is 7.41. The van der Waals surface area contributed by atoms with Crippen molar-refractivity contribution in [3.8, 4) is 0 Å². The van der Waals surface area contributed by atoms with Gasteiger partial charge in [-0.1, -0.05) is 0 Å². The summed E-state index contributed by atoms with van der Waals surface area (Å²) >= 11 is 0. The predicted molar refractivity (Wildman–Crippen MR) is 85.6 cm³/mol. The zero-order chi connectivity index (χ0) is 18.0. The van der Waals surface area contributed by atoms with E-state index < -0.39 is 11.7 Å². The predicted octanol–water partition coefficient (Wildman–Crippen LogP) is 2.38. The Bertz CT molecular complexity index is 730. The van der Waals surface area contributed by atoms with Crippen molar-refractivity contribution >= 4 is 11.6 Å². The number of aromatic nitrogens is 1. The number of carbonyl (C=O) groups excluding carboxylic acids is 2. The summed E-state index contributed by atoms with van der Waals surface area (Å²) in [5.74, 6) is -2.18. The molecule has 0 amide bonds. The lowest BCUT2D eigenvalue weighted by Crippen LogP contribution is -2.28. The van der Waals surface area contributed by atoms with Gasteiger partial charge in [-0.15, -0.1) is 0 Å². The number of carbonyl (C=O) groups is 2. The lowest BCUT2D eigenvalue weighted by Gasteiger charge is -2.21. The number of nitrogens with zero attached hydrogens (tertiary/aromatic N) is 1. The fourth-order valence-corrected chi connectivity index (χ4v) is 3.47. The van der Waals surface area contributed by atoms with E-state index >= 15 is 0 Å². The van der Waals surface area contributed by atoms with E-state index in [1.807, 2.05) is 0 Å². The highest BCUT2D eigenvalue weighted by Crippen LogP contribution is 2.43. The van der Waals surface area contributed by atoms with Crippen LogP contribution >= 0.6 is 0 Å². The van der Waals surface area contributed by atoms with Crippen molar-refractivity contribution < 1.29 is 28.6 Å². The monoisotopic (exact) mass is 349 g/mol. The molecule has 6 nitrogen and oxygen atoms in total. The lowest BCUT2D eigenvalue weighted by atomic mass is 9.83. The number of aliphatic hydroxyl groups excluding tert-OH is 1. The van der Waals surface area contributed by atoms with Gasteiger partial charge in [0.25, 0.3) is 0 Å². The first-order valence-corrected chi connectivity index (χ1v) is 8.27. The number of methoxy groups -OCH3 is 1. The summed E-state index contributed by atoms with van der Waals surface area (Å²) in [5, 5.41) is 10.3. The van der Waals surface area contributed by atoms with Crippen molar-refractivity contribution in [3.63, 3.8) is 0 Å². The molecule has 0 radical (unpaired) electrons.